The van der Waals surface area contributed by atoms with E-state index in [1.807, 2.05) is 18.2 Å². The summed E-state index contributed by atoms with van der Waals surface area (Å²) in [6, 6.07) is 10.6. The predicted octanol–water partition coefficient (Wildman–Crippen LogP) is 2.34. The average molecular weight is 356 g/mol. The first-order valence-corrected chi connectivity index (χ1v) is 9.72. The van der Waals surface area contributed by atoms with Crippen molar-refractivity contribution in [1.82, 2.24) is 20.5 Å². The van der Waals surface area contributed by atoms with Crippen molar-refractivity contribution in [2.45, 2.75) is 56.8 Å². The SMILES string of the molecule is O=C(NCc1cc2ccccc2[nH]1)NC1CCN(C2CCCC2O)CC1. The summed E-state index contributed by atoms with van der Waals surface area (Å²) in [7, 11) is 0. The number of benzene rings is 1. The molecule has 1 aliphatic heterocycles. The van der Waals surface area contributed by atoms with Crippen molar-refractivity contribution >= 4 is 16.9 Å². The number of carbonyl (C=O) groups is 1. The lowest BCUT2D eigenvalue weighted by Gasteiger charge is -2.37. The molecule has 2 amide bonds. The van der Waals surface area contributed by atoms with Crippen LogP contribution < -0.4 is 10.6 Å². The quantitative estimate of drug-likeness (QED) is 0.679. The number of rotatable bonds is 4. The number of piperidine rings is 1. The lowest BCUT2D eigenvalue weighted by Crippen LogP contribution is -2.51. The van der Waals surface area contributed by atoms with Gasteiger partial charge in [-0.15, -0.1) is 0 Å². The van der Waals surface area contributed by atoms with Crippen molar-refractivity contribution in [1.29, 1.82) is 0 Å². The molecule has 6 heteroatoms. The van der Waals surface area contributed by atoms with E-state index in [1.54, 1.807) is 0 Å². The Balaban J connectivity index is 1.21. The van der Waals surface area contributed by atoms with Crippen molar-refractivity contribution < 1.29 is 9.90 Å². The van der Waals surface area contributed by atoms with Crippen LogP contribution in [-0.2, 0) is 6.54 Å². The Morgan fingerprint density at radius 3 is 2.73 bits per heavy atom. The van der Waals surface area contributed by atoms with E-state index in [0.717, 1.165) is 61.8 Å². The summed E-state index contributed by atoms with van der Waals surface area (Å²) in [5, 5.41) is 17.3. The van der Waals surface area contributed by atoms with Gasteiger partial charge in [-0.1, -0.05) is 18.2 Å². The molecule has 1 saturated carbocycles. The first-order chi connectivity index (χ1) is 12.7. The number of amides is 2. The molecule has 2 atom stereocenters. The number of urea groups is 1. The number of aliphatic hydroxyl groups excluding tert-OH is 1. The van der Waals surface area contributed by atoms with Gasteiger partial charge in [-0.25, -0.2) is 4.79 Å². The minimum atomic E-state index is -0.167. The average Bonchev–Trinajstić information content (AvgIpc) is 3.26. The Kier molecular flexibility index (Phi) is 5.13. The molecule has 0 radical (unpaired) electrons. The maximum absolute atomic E-state index is 12.2. The lowest BCUT2D eigenvalue weighted by molar-refractivity contribution is 0.0535. The maximum Gasteiger partial charge on any atom is 0.315 e. The first kappa shape index (κ1) is 17.4. The molecule has 4 N–H and O–H groups in total. The number of likely N-dealkylation sites (tertiary alicyclic amines) is 1. The summed E-state index contributed by atoms with van der Waals surface area (Å²) in [6.45, 7) is 2.40. The fourth-order valence-electron chi connectivity index (χ4n) is 4.36. The number of nitrogens with one attached hydrogen (secondary N) is 3. The zero-order valence-corrected chi connectivity index (χ0v) is 15.1. The van der Waals surface area contributed by atoms with Crippen molar-refractivity contribution in [3.8, 4) is 0 Å². The van der Waals surface area contributed by atoms with E-state index in [2.05, 4.69) is 32.7 Å². The van der Waals surface area contributed by atoms with E-state index in [-0.39, 0.29) is 18.2 Å². The molecule has 0 bridgehead atoms. The van der Waals surface area contributed by atoms with Gasteiger partial charge >= 0.3 is 6.03 Å². The summed E-state index contributed by atoms with van der Waals surface area (Å²) >= 11 is 0. The number of hydrogen-bond donors (Lipinski definition) is 4. The minimum Gasteiger partial charge on any atom is -0.391 e. The van der Waals surface area contributed by atoms with Crippen LogP contribution in [0.4, 0.5) is 4.79 Å². The molecule has 1 aromatic heterocycles. The molecule has 2 heterocycles. The van der Waals surface area contributed by atoms with Crippen LogP contribution in [0.5, 0.6) is 0 Å². The number of fused-ring (bicyclic) bond motifs is 1. The summed E-state index contributed by atoms with van der Waals surface area (Å²) in [5.74, 6) is 0. The third-order valence-electron chi connectivity index (χ3n) is 5.80. The monoisotopic (exact) mass is 356 g/mol. The highest BCUT2D eigenvalue weighted by atomic mass is 16.3. The zero-order valence-electron chi connectivity index (χ0n) is 15.1. The van der Waals surface area contributed by atoms with E-state index in [0.29, 0.717) is 12.6 Å². The summed E-state index contributed by atoms with van der Waals surface area (Å²) < 4.78 is 0. The Morgan fingerprint density at radius 2 is 2.00 bits per heavy atom. The second kappa shape index (κ2) is 7.68. The van der Waals surface area contributed by atoms with Crippen LogP contribution in [0.25, 0.3) is 10.9 Å². The van der Waals surface area contributed by atoms with E-state index in [9.17, 15) is 9.90 Å². The van der Waals surface area contributed by atoms with Gasteiger partial charge in [0.05, 0.1) is 12.6 Å². The number of aromatic amines is 1. The molecule has 4 rings (SSSR count). The highest BCUT2D eigenvalue weighted by molar-refractivity contribution is 5.80. The van der Waals surface area contributed by atoms with Gasteiger partial charge in [-0.3, -0.25) is 4.90 Å². The van der Waals surface area contributed by atoms with E-state index < -0.39 is 0 Å². The van der Waals surface area contributed by atoms with Crippen molar-refractivity contribution in [2.24, 2.45) is 0 Å². The molecule has 140 valence electrons. The summed E-state index contributed by atoms with van der Waals surface area (Å²) in [5.41, 5.74) is 2.09. The predicted molar refractivity (Wildman–Crippen MR) is 102 cm³/mol. The normalized spacial score (nSPS) is 24.8. The van der Waals surface area contributed by atoms with Gasteiger partial charge in [0.1, 0.15) is 0 Å². The number of carbonyl (C=O) groups excluding carboxylic acids is 1. The van der Waals surface area contributed by atoms with Crippen molar-refractivity contribution in [2.75, 3.05) is 13.1 Å². The van der Waals surface area contributed by atoms with Gasteiger partial charge in [0, 0.05) is 36.4 Å². The number of para-hydroxylation sites is 1. The van der Waals surface area contributed by atoms with Gasteiger partial charge in [0.15, 0.2) is 0 Å². The van der Waals surface area contributed by atoms with Gasteiger partial charge in [-0.05, 0) is 49.6 Å². The topological polar surface area (TPSA) is 80.4 Å². The van der Waals surface area contributed by atoms with Gasteiger partial charge in [-0.2, -0.15) is 0 Å². The molecule has 2 unspecified atom stereocenters. The molecule has 6 nitrogen and oxygen atoms in total. The van der Waals surface area contributed by atoms with E-state index >= 15 is 0 Å². The number of hydrogen-bond acceptors (Lipinski definition) is 3. The second-order valence-electron chi connectivity index (χ2n) is 7.58. The Labute approximate surface area is 154 Å². The van der Waals surface area contributed by atoms with Gasteiger partial charge in [0.2, 0.25) is 0 Å². The first-order valence-electron chi connectivity index (χ1n) is 9.72. The molecule has 2 aliphatic rings. The summed E-state index contributed by atoms with van der Waals surface area (Å²) in [4.78, 5) is 17.9. The van der Waals surface area contributed by atoms with Crippen LogP contribution in [0, 0.1) is 0 Å². The van der Waals surface area contributed by atoms with E-state index in [1.165, 1.54) is 0 Å². The van der Waals surface area contributed by atoms with Crippen LogP contribution in [0.1, 0.15) is 37.8 Å². The lowest BCUT2D eigenvalue weighted by atomic mass is 10.0. The van der Waals surface area contributed by atoms with Crippen LogP contribution >= 0.6 is 0 Å². The number of H-pyrrole nitrogens is 1. The Morgan fingerprint density at radius 1 is 1.19 bits per heavy atom. The van der Waals surface area contributed by atoms with Gasteiger partial charge < -0.3 is 20.7 Å². The second-order valence-corrected chi connectivity index (χ2v) is 7.58. The zero-order chi connectivity index (χ0) is 17.9. The smallest absolute Gasteiger partial charge is 0.315 e. The number of aromatic nitrogens is 1. The molecule has 2 fully saturated rings. The molecule has 1 aliphatic carbocycles. The molecular weight excluding hydrogens is 328 g/mol. The van der Waals surface area contributed by atoms with E-state index in [4.69, 9.17) is 0 Å². The molecule has 1 saturated heterocycles. The number of nitrogens with zero attached hydrogens (tertiary/aromatic N) is 1. The fourth-order valence-corrected chi connectivity index (χ4v) is 4.36. The van der Waals surface area contributed by atoms with Crippen LogP contribution in [0.15, 0.2) is 30.3 Å². The maximum atomic E-state index is 12.2. The Hall–Kier alpha value is -2.05. The van der Waals surface area contributed by atoms with Crippen LogP contribution in [0.3, 0.4) is 0 Å². The van der Waals surface area contributed by atoms with Crippen molar-refractivity contribution in [3.05, 3.63) is 36.0 Å². The van der Waals surface area contributed by atoms with Crippen molar-refractivity contribution in [3.63, 3.8) is 0 Å². The fraction of sp³-hybridized carbons (Fsp3) is 0.550. The largest absolute Gasteiger partial charge is 0.391 e. The molecule has 2 aromatic rings. The molecule has 26 heavy (non-hydrogen) atoms. The molecule has 0 spiro atoms. The minimum absolute atomic E-state index is 0.108. The standard InChI is InChI=1S/C20H28N4O2/c25-19-7-3-6-18(19)24-10-8-15(9-11-24)23-20(26)21-13-16-12-14-4-1-2-5-17(14)22-16/h1-2,4-5,12,15,18-19,22,25H,3,6-11,13H2,(H2,21,23,26). The summed E-state index contributed by atoms with van der Waals surface area (Å²) in [6.07, 6.45) is 4.88. The third kappa shape index (κ3) is 3.86. The van der Waals surface area contributed by atoms with Crippen LogP contribution in [-0.4, -0.2) is 52.3 Å². The molecule has 1 aromatic carbocycles. The molecular formula is C20H28N4O2. The highest BCUT2D eigenvalue weighted by Gasteiger charge is 2.33. The van der Waals surface area contributed by atoms with Crippen LogP contribution in [0.2, 0.25) is 0 Å². The van der Waals surface area contributed by atoms with Gasteiger partial charge in [0.25, 0.3) is 0 Å². The third-order valence-corrected chi connectivity index (χ3v) is 5.80. The highest BCUT2D eigenvalue weighted by Crippen LogP contribution is 2.26. The Bertz CT molecular complexity index is 718. The number of aliphatic hydroxyl groups is 1.